The van der Waals surface area contributed by atoms with Gasteiger partial charge < -0.3 is 14.9 Å². The average Bonchev–Trinajstić information content (AvgIpc) is 3.07. The first-order valence-electron chi connectivity index (χ1n) is 9.82. The van der Waals surface area contributed by atoms with E-state index in [0.29, 0.717) is 40.5 Å². The second-order valence-corrected chi connectivity index (χ2v) is 8.31. The lowest BCUT2D eigenvalue weighted by molar-refractivity contribution is -0.139. The number of hydrogen-bond donors (Lipinski definition) is 1. The van der Waals surface area contributed by atoms with Crippen molar-refractivity contribution in [2.75, 3.05) is 27.2 Å². The van der Waals surface area contributed by atoms with Crippen LogP contribution in [0.4, 0.5) is 0 Å². The summed E-state index contributed by atoms with van der Waals surface area (Å²) in [5.41, 5.74) is 2.55. The van der Waals surface area contributed by atoms with Gasteiger partial charge in [0.05, 0.1) is 22.9 Å². The lowest BCUT2D eigenvalue weighted by Gasteiger charge is -2.26. The third kappa shape index (κ3) is 4.00. The molecule has 0 bridgehead atoms. The zero-order valence-corrected chi connectivity index (χ0v) is 18.7. The largest absolute Gasteiger partial charge is 0.507 e. The molecule has 0 aliphatic carbocycles. The van der Waals surface area contributed by atoms with Gasteiger partial charge in [-0.05, 0) is 58.6 Å². The number of aromatic nitrogens is 2. The molecule has 1 aliphatic rings. The van der Waals surface area contributed by atoms with Crippen molar-refractivity contribution >= 4 is 29.1 Å². The highest BCUT2D eigenvalue weighted by molar-refractivity contribution is 6.46. The minimum atomic E-state index is -0.704. The van der Waals surface area contributed by atoms with E-state index in [0.717, 1.165) is 6.54 Å². The second kappa shape index (κ2) is 8.62. The van der Waals surface area contributed by atoms with Crippen LogP contribution in [0.5, 0.6) is 0 Å². The summed E-state index contributed by atoms with van der Waals surface area (Å²) in [7, 11) is 5.68. The molecule has 1 fully saturated rings. The lowest BCUT2D eigenvalue weighted by Crippen LogP contribution is -2.32. The molecule has 7 nitrogen and oxygen atoms in total. The molecule has 1 aromatic heterocycles. The number of halogens is 1. The van der Waals surface area contributed by atoms with Crippen molar-refractivity contribution < 1.29 is 14.7 Å². The summed E-state index contributed by atoms with van der Waals surface area (Å²) in [5.74, 6) is -1.50. The SMILES string of the molecule is Cc1nn(C)c(C)c1/C(O)=C1\C(=O)C(=O)N(CCCN(C)C)[C@@H]1c1cccc(Cl)c1. The van der Waals surface area contributed by atoms with E-state index in [-0.39, 0.29) is 11.3 Å². The molecule has 1 amide bonds. The Morgan fingerprint density at radius 1 is 1.27 bits per heavy atom. The van der Waals surface area contributed by atoms with Gasteiger partial charge >= 0.3 is 0 Å². The number of nitrogens with zero attached hydrogens (tertiary/aromatic N) is 4. The first-order valence-corrected chi connectivity index (χ1v) is 10.2. The smallest absolute Gasteiger partial charge is 0.295 e. The van der Waals surface area contributed by atoms with Crippen LogP contribution in [0.3, 0.4) is 0 Å². The van der Waals surface area contributed by atoms with Crippen molar-refractivity contribution in [3.8, 4) is 0 Å². The van der Waals surface area contributed by atoms with Gasteiger partial charge in [-0.3, -0.25) is 14.3 Å². The fraction of sp³-hybridized carbons (Fsp3) is 0.409. The summed E-state index contributed by atoms with van der Waals surface area (Å²) in [6.45, 7) is 4.74. The molecule has 2 aromatic rings. The Kier molecular flexibility index (Phi) is 6.33. The van der Waals surface area contributed by atoms with Crippen molar-refractivity contribution in [3.05, 3.63) is 57.4 Å². The molecule has 0 radical (unpaired) electrons. The number of hydrogen-bond acceptors (Lipinski definition) is 5. The number of amides is 1. The van der Waals surface area contributed by atoms with Gasteiger partial charge in [-0.25, -0.2) is 0 Å². The second-order valence-electron chi connectivity index (χ2n) is 7.87. The van der Waals surface area contributed by atoms with E-state index in [1.165, 1.54) is 4.90 Å². The van der Waals surface area contributed by atoms with Crippen LogP contribution in [0.25, 0.3) is 5.76 Å². The lowest BCUT2D eigenvalue weighted by atomic mass is 9.94. The summed E-state index contributed by atoms with van der Waals surface area (Å²) in [4.78, 5) is 29.5. The normalized spacial score (nSPS) is 18.6. The fourth-order valence-corrected chi connectivity index (χ4v) is 4.14. The zero-order valence-electron chi connectivity index (χ0n) is 17.9. The molecule has 1 aliphatic heterocycles. The minimum absolute atomic E-state index is 0.0753. The Labute approximate surface area is 181 Å². The molecule has 1 atom stereocenters. The first-order chi connectivity index (χ1) is 14.1. The average molecular weight is 431 g/mol. The van der Waals surface area contributed by atoms with Crippen LogP contribution in [-0.4, -0.2) is 63.6 Å². The van der Waals surface area contributed by atoms with Crippen LogP contribution >= 0.6 is 11.6 Å². The fourth-order valence-electron chi connectivity index (χ4n) is 3.94. The summed E-state index contributed by atoms with van der Waals surface area (Å²) in [5, 5.41) is 16.0. The molecule has 1 aromatic carbocycles. The highest BCUT2D eigenvalue weighted by atomic mass is 35.5. The Hall–Kier alpha value is -2.64. The van der Waals surface area contributed by atoms with Crippen molar-refractivity contribution in [1.29, 1.82) is 0 Å². The van der Waals surface area contributed by atoms with Crippen molar-refractivity contribution in [3.63, 3.8) is 0 Å². The molecule has 160 valence electrons. The van der Waals surface area contributed by atoms with E-state index in [1.54, 1.807) is 36.9 Å². The van der Waals surface area contributed by atoms with Gasteiger partial charge in [-0.2, -0.15) is 5.10 Å². The highest BCUT2D eigenvalue weighted by Crippen LogP contribution is 2.40. The number of likely N-dealkylation sites (tertiary alicyclic amines) is 1. The molecule has 8 heteroatoms. The summed E-state index contributed by atoms with van der Waals surface area (Å²) in [6.07, 6.45) is 0.697. The molecule has 30 heavy (non-hydrogen) atoms. The quantitative estimate of drug-likeness (QED) is 0.433. The topological polar surface area (TPSA) is 78.7 Å². The molecule has 2 heterocycles. The zero-order chi connectivity index (χ0) is 22.2. The van der Waals surface area contributed by atoms with E-state index in [2.05, 4.69) is 5.10 Å². The number of carbonyl (C=O) groups excluding carboxylic acids is 2. The van der Waals surface area contributed by atoms with Crippen LogP contribution in [-0.2, 0) is 16.6 Å². The van der Waals surface area contributed by atoms with E-state index in [9.17, 15) is 14.7 Å². The first kappa shape index (κ1) is 22.1. The van der Waals surface area contributed by atoms with Gasteiger partial charge in [0.2, 0.25) is 0 Å². The van der Waals surface area contributed by atoms with Gasteiger partial charge in [0.25, 0.3) is 11.7 Å². The molecule has 3 rings (SSSR count). The van der Waals surface area contributed by atoms with Crippen LogP contribution in [0.2, 0.25) is 5.02 Å². The maximum absolute atomic E-state index is 13.0. The van der Waals surface area contributed by atoms with Crippen molar-refractivity contribution in [1.82, 2.24) is 19.6 Å². The molecular formula is C22H27ClN4O3. The van der Waals surface area contributed by atoms with E-state index in [1.807, 2.05) is 32.0 Å². The number of carbonyl (C=O) groups is 2. The van der Waals surface area contributed by atoms with Gasteiger partial charge in [0, 0.05) is 24.3 Å². The van der Waals surface area contributed by atoms with Gasteiger partial charge in [0.1, 0.15) is 5.76 Å². The highest BCUT2D eigenvalue weighted by Gasteiger charge is 2.46. The summed E-state index contributed by atoms with van der Waals surface area (Å²) in [6, 6.07) is 6.35. The molecular weight excluding hydrogens is 404 g/mol. The standard InChI is InChI=1S/C22H27ClN4O3/c1-13-17(14(2)26(5)24-13)20(28)18-19(15-8-6-9-16(23)12-15)27(22(30)21(18)29)11-7-10-25(3)4/h6,8-9,12,19,28H,7,10-11H2,1-5H3/b20-18+/t19-/m1/s1. The van der Waals surface area contributed by atoms with E-state index >= 15 is 0 Å². The maximum atomic E-state index is 13.0. The number of aliphatic hydroxyl groups excluding tert-OH is 1. The van der Waals surface area contributed by atoms with Crippen molar-refractivity contribution in [2.24, 2.45) is 7.05 Å². The third-order valence-corrected chi connectivity index (χ3v) is 5.69. The number of aliphatic hydroxyl groups is 1. The Morgan fingerprint density at radius 3 is 2.53 bits per heavy atom. The van der Waals surface area contributed by atoms with Gasteiger partial charge in [0.15, 0.2) is 0 Å². The predicted molar refractivity (Wildman–Crippen MR) is 116 cm³/mol. The monoisotopic (exact) mass is 430 g/mol. The molecule has 0 spiro atoms. The number of benzene rings is 1. The summed E-state index contributed by atoms with van der Waals surface area (Å²) < 4.78 is 1.64. The predicted octanol–water partition coefficient (Wildman–Crippen LogP) is 3.06. The third-order valence-electron chi connectivity index (χ3n) is 5.45. The van der Waals surface area contributed by atoms with Gasteiger partial charge in [-0.15, -0.1) is 0 Å². The van der Waals surface area contributed by atoms with E-state index in [4.69, 9.17) is 11.6 Å². The Morgan fingerprint density at radius 2 is 1.97 bits per heavy atom. The van der Waals surface area contributed by atoms with Crippen LogP contribution < -0.4 is 0 Å². The van der Waals surface area contributed by atoms with Gasteiger partial charge in [-0.1, -0.05) is 23.7 Å². The number of aryl methyl sites for hydroxylation is 2. The number of rotatable bonds is 6. The summed E-state index contributed by atoms with van der Waals surface area (Å²) >= 11 is 6.20. The van der Waals surface area contributed by atoms with E-state index < -0.39 is 17.7 Å². The minimum Gasteiger partial charge on any atom is -0.507 e. The molecule has 1 N–H and O–H groups in total. The van der Waals surface area contributed by atoms with Crippen LogP contribution in [0.1, 0.15) is 35.0 Å². The number of Topliss-reactive ketones (excluding diaryl/α,β-unsaturated/α-hetero) is 1. The van der Waals surface area contributed by atoms with Crippen LogP contribution in [0.15, 0.2) is 29.8 Å². The van der Waals surface area contributed by atoms with Crippen molar-refractivity contribution in [2.45, 2.75) is 26.3 Å². The molecule has 0 unspecified atom stereocenters. The molecule has 0 saturated carbocycles. The maximum Gasteiger partial charge on any atom is 0.295 e. The Balaban J connectivity index is 2.16. The number of ketones is 1. The Bertz CT molecular complexity index is 1030. The van der Waals surface area contributed by atoms with Crippen LogP contribution in [0, 0.1) is 13.8 Å². The molecule has 1 saturated heterocycles.